The Morgan fingerprint density at radius 1 is 1.63 bits per heavy atom. The molecule has 2 N–H and O–H groups in total. The molecule has 2 rings (SSSR count). The van der Waals surface area contributed by atoms with Crippen LogP contribution < -0.4 is 10.6 Å². The van der Waals surface area contributed by atoms with Gasteiger partial charge >= 0.3 is 0 Å². The number of nitro benzene ring substituents is 1. The highest BCUT2D eigenvalue weighted by Crippen LogP contribution is 2.35. The maximum Gasteiger partial charge on any atom is 0.292 e. The summed E-state index contributed by atoms with van der Waals surface area (Å²) in [7, 11) is 0. The SMILES string of the molecule is CC1CC(CN)CN1c1cc(C#N)ccc1[N+](=O)[O-]. The zero-order chi connectivity index (χ0) is 14.0. The normalized spacial score (nSPS) is 22.3. The minimum atomic E-state index is -0.404. The Morgan fingerprint density at radius 2 is 2.37 bits per heavy atom. The first-order valence-corrected chi connectivity index (χ1v) is 6.22. The maximum absolute atomic E-state index is 11.1. The standard InChI is InChI=1S/C13H16N4O2/c1-9-4-11(7-15)8-16(9)13-5-10(6-14)2-3-12(13)17(18)19/h2-3,5,9,11H,4,7-8,15H2,1H3. The van der Waals surface area contributed by atoms with Crippen molar-refractivity contribution in [1.29, 1.82) is 5.26 Å². The third-order valence-corrected chi connectivity index (χ3v) is 3.61. The summed E-state index contributed by atoms with van der Waals surface area (Å²) in [5.74, 6) is 0.348. The van der Waals surface area contributed by atoms with Crippen molar-refractivity contribution < 1.29 is 4.92 Å². The first-order chi connectivity index (χ1) is 9.06. The molecule has 0 saturated carbocycles. The molecule has 2 atom stereocenters. The Labute approximate surface area is 111 Å². The second-order valence-electron chi connectivity index (χ2n) is 4.91. The predicted octanol–water partition coefficient (Wildman–Crippen LogP) is 1.64. The number of nitriles is 1. The zero-order valence-corrected chi connectivity index (χ0v) is 10.7. The van der Waals surface area contributed by atoms with Gasteiger partial charge in [0.25, 0.3) is 5.69 Å². The molecule has 0 aliphatic carbocycles. The molecule has 6 nitrogen and oxygen atoms in total. The van der Waals surface area contributed by atoms with E-state index >= 15 is 0 Å². The highest BCUT2D eigenvalue weighted by molar-refractivity contribution is 5.67. The molecule has 1 saturated heterocycles. The molecule has 19 heavy (non-hydrogen) atoms. The molecule has 2 unspecified atom stereocenters. The molecule has 100 valence electrons. The molecule has 0 spiro atoms. The van der Waals surface area contributed by atoms with Crippen molar-refractivity contribution in [3.63, 3.8) is 0 Å². The van der Waals surface area contributed by atoms with E-state index in [2.05, 4.69) is 0 Å². The quantitative estimate of drug-likeness (QED) is 0.658. The highest BCUT2D eigenvalue weighted by Gasteiger charge is 2.32. The van der Waals surface area contributed by atoms with Crippen LogP contribution in [-0.2, 0) is 0 Å². The Hall–Kier alpha value is -2.13. The lowest BCUT2D eigenvalue weighted by atomic mass is 10.1. The molecular weight excluding hydrogens is 244 g/mol. The summed E-state index contributed by atoms with van der Waals surface area (Å²) in [4.78, 5) is 12.7. The topological polar surface area (TPSA) is 96.2 Å². The van der Waals surface area contributed by atoms with Gasteiger partial charge in [-0.25, -0.2) is 0 Å². The number of nitrogens with zero attached hydrogens (tertiary/aromatic N) is 3. The van der Waals surface area contributed by atoms with Crippen LogP contribution in [0, 0.1) is 27.4 Å². The summed E-state index contributed by atoms with van der Waals surface area (Å²) in [6, 6.07) is 6.68. The lowest BCUT2D eigenvalue weighted by Crippen LogP contribution is -2.28. The van der Waals surface area contributed by atoms with E-state index in [1.165, 1.54) is 12.1 Å². The van der Waals surface area contributed by atoms with Gasteiger partial charge in [-0.1, -0.05) is 0 Å². The van der Waals surface area contributed by atoms with Crippen molar-refractivity contribution in [2.75, 3.05) is 18.0 Å². The fourth-order valence-corrected chi connectivity index (χ4v) is 2.63. The smallest absolute Gasteiger partial charge is 0.292 e. The minimum absolute atomic E-state index is 0.0449. The third-order valence-electron chi connectivity index (χ3n) is 3.61. The molecule has 1 aromatic carbocycles. The third kappa shape index (κ3) is 2.51. The van der Waals surface area contributed by atoms with E-state index in [1.54, 1.807) is 6.07 Å². The van der Waals surface area contributed by atoms with Gasteiger partial charge in [-0.2, -0.15) is 5.26 Å². The van der Waals surface area contributed by atoms with Gasteiger partial charge in [-0.3, -0.25) is 10.1 Å². The summed E-state index contributed by atoms with van der Waals surface area (Å²) in [6.45, 7) is 3.30. The van der Waals surface area contributed by atoms with Crippen LogP contribution in [0.1, 0.15) is 18.9 Å². The van der Waals surface area contributed by atoms with Crippen LogP contribution in [0.5, 0.6) is 0 Å². The van der Waals surface area contributed by atoms with Gasteiger partial charge in [0.15, 0.2) is 0 Å². The second-order valence-corrected chi connectivity index (χ2v) is 4.91. The van der Waals surface area contributed by atoms with Gasteiger partial charge in [0.2, 0.25) is 0 Å². The largest absolute Gasteiger partial charge is 0.363 e. The van der Waals surface area contributed by atoms with Crippen molar-refractivity contribution >= 4 is 11.4 Å². The summed E-state index contributed by atoms with van der Waals surface area (Å²) < 4.78 is 0. The molecular formula is C13H16N4O2. The molecule has 0 aromatic heterocycles. The van der Waals surface area contributed by atoms with Crippen molar-refractivity contribution in [1.82, 2.24) is 0 Å². The van der Waals surface area contributed by atoms with Crippen molar-refractivity contribution in [2.24, 2.45) is 11.7 Å². The van der Waals surface area contributed by atoms with Gasteiger partial charge in [-0.15, -0.1) is 0 Å². The summed E-state index contributed by atoms with van der Waals surface area (Å²) >= 11 is 0. The van der Waals surface area contributed by atoms with Crippen molar-refractivity contribution in [2.45, 2.75) is 19.4 Å². The lowest BCUT2D eigenvalue weighted by molar-refractivity contribution is -0.384. The van der Waals surface area contributed by atoms with Crippen molar-refractivity contribution in [3.05, 3.63) is 33.9 Å². The van der Waals surface area contributed by atoms with Gasteiger partial charge in [0, 0.05) is 18.7 Å². The van der Waals surface area contributed by atoms with Crippen LogP contribution in [0.2, 0.25) is 0 Å². The molecule has 1 aliphatic rings. The van der Waals surface area contributed by atoms with Crippen LogP contribution in [0.25, 0.3) is 0 Å². The molecule has 6 heteroatoms. The molecule has 0 amide bonds. The molecule has 0 radical (unpaired) electrons. The first kappa shape index (κ1) is 13.3. The van der Waals surface area contributed by atoms with E-state index in [0.29, 0.717) is 30.3 Å². The molecule has 1 heterocycles. The average molecular weight is 260 g/mol. The van der Waals surface area contributed by atoms with E-state index in [1.807, 2.05) is 17.9 Å². The van der Waals surface area contributed by atoms with Crippen LogP contribution in [0.3, 0.4) is 0 Å². The van der Waals surface area contributed by atoms with Crippen LogP contribution in [0.15, 0.2) is 18.2 Å². The highest BCUT2D eigenvalue weighted by atomic mass is 16.6. The molecule has 0 bridgehead atoms. The molecule has 1 aliphatic heterocycles. The summed E-state index contributed by atoms with van der Waals surface area (Å²) in [5.41, 5.74) is 6.68. The van der Waals surface area contributed by atoms with Gasteiger partial charge < -0.3 is 10.6 Å². The Morgan fingerprint density at radius 3 is 2.89 bits per heavy atom. The second kappa shape index (κ2) is 5.24. The monoisotopic (exact) mass is 260 g/mol. The number of hydrogen-bond acceptors (Lipinski definition) is 5. The van der Waals surface area contributed by atoms with E-state index in [9.17, 15) is 10.1 Å². The Kier molecular flexibility index (Phi) is 3.67. The number of anilines is 1. The van der Waals surface area contributed by atoms with Crippen LogP contribution in [-0.4, -0.2) is 24.1 Å². The molecule has 1 aromatic rings. The summed E-state index contributed by atoms with van der Waals surface area (Å²) in [5, 5.41) is 20.0. The number of hydrogen-bond donors (Lipinski definition) is 1. The number of nitro groups is 1. The predicted molar refractivity (Wildman–Crippen MR) is 71.8 cm³/mol. The Balaban J connectivity index is 2.43. The van der Waals surface area contributed by atoms with E-state index in [-0.39, 0.29) is 11.7 Å². The maximum atomic E-state index is 11.1. The molecule has 1 fully saturated rings. The van der Waals surface area contributed by atoms with Crippen LogP contribution >= 0.6 is 0 Å². The number of nitrogens with two attached hydrogens (primary N) is 1. The van der Waals surface area contributed by atoms with Gasteiger partial charge in [-0.05, 0) is 37.9 Å². The van der Waals surface area contributed by atoms with E-state index in [0.717, 1.165) is 6.42 Å². The number of rotatable bonds is 3. The van der Waals surface area contributed by atoms with E-state index in [4.69, 9.17) is 11.0 Å². The minimum Gasteiger partial charge on any atom is -0.363 e. The Bertz CT molecular complexity index is 538. The lowest BCUT2D eigenvalue weighted by Gasteiger charge is -2.23. The van der Waals surface area contributed by atoms with Gasteiger partial charge in [0.05, 0.1) is 16.6 Å². The summed E-state index contributed by atoms with van der Waals surface area (Å²) in [6.07, 6.45) is 0.921. The fraction of sp³-hybridized carbons (Fsp3) is 0.462. The van der Waals surface area contributed by atoms with Crippen molar-refractivity contribution in [3.8, 4) is 6.07 Å². The average Bonchev–Trinajstić information content (AvgIpc) is 2.79. The zero-order valence-electron chi connectivity index (χ0n) is 10.7. The number of benzene rings is 1. The van der Waals surface area contributed by atoms with Crippen LogP contribution in [0.4, 0.5) is 11.4 Å². The van der Waals surface area contributed by atoms with E-state index < -0.39 is 4.92 Å². The van der Waals surface area contributed by atoms with Gasteiger partial charge in [0.1, 0.15) is 5.69 Å². The fourth-order valence-electron chi connectivity index (χ4n) is 2.63. The first-order valence-electron chi connectivity index (χ1n) is 6.22.